The number of rotatable bonds is 10. The van der Waals surface area contributed by atoms with E-state index in [0.717, 1.165) is 37.0 Å². The van der Waals surface area contributed by atoms with Crippen LogP contribution in [0.3, 0.4) is 0 Å². The number of benzene rings is 3. The second-order valence-electron chi connectivity index (χ2n) is 9.33. The van der Waals surface area contributed by atoms with E-state index in [2.05, 4.69) is 4.90 Å². The molecule has 0 saturated carbocycles. The zero-order chi connectivity index (χ0) is 26.4. The molecule has 0 spiro atoms. The first-order chi connectivity index (χ1) is 17.7. The predicted molar refractivity (Wildman–Crippen MR) is 147 cm³/mol. The van der Waals surface area contributed by atoms with E-state index < -0.39 is 21.1 Å². The van der Waals surface area contributed by atoms with Crippen molar-refractivity contribution in [2.45, 2.75) is 55.2 Å². The molecular formula is C28H31ClN2O6S. The van der Waals surface area contributed by atoms with Gasteiger partial charge in [-0.15, -0.1) is 12.4 Å². The smallest absolute Gasteiger partial charge is 0.297 e. The summed E-state index contributed by atoms with van der Waals surface area (Å²) in [4.78, 5) is 25.3. The van der Waals surface area contributed by atoms with Crippen LogP contribution in [0.2, 0.25) is 0 Å². The Balaban J connectivity index is 0.00000400. The number of hydrogen-bond acceptors (Lipinski definition) is 7. The molecule has 10 heteroatoms. The lowest BCUT2D eigenvalue weighted by Crippen LogP contribution is -2.45. The summed E-state index contributed by atoms with van der Waals surface area (Å²) >= 11 is 0. The van der Waals surface area contributed by atoms with E-state index in [1.165, 1.54) is 12.1 Å². The second-order valence-corrected chi connectivity index (χ2v) is 10.9. The molecule has 3 unspecified atom stereocenters. The maximum absolute atomic E-state index is 13.1. The summed E-state index contributed by atoms with van der Waals surface area (Å²) in [5.74, 6) is 0.0923. The van der Waals surface area contributed by atoms with Gasteiger partial charge in [-0.1, -0.05) is 67.1 Å². The number of nitrogens with zero attached hydrogens (tertiary/aromatic N) is 2. The molecule has 0 aromatic heterocycles. The largest absolute Gasteiger partial charge is 0.300 e. The van der Waals surface area contributed by atoms with E-state index >= 15 is 0 Å². The highest BCUT2D eigenvalue weighted by molar-refractivity contribution is 7.86. The monoisotopic (exact) mass is 558 g/mol. The van der Waals surface area contributed by atoms with Gasteiger partial charge >= 0.3 is 0 Å². The van der Waals surface area contributed by atoms with E-state index in [4.69, 9.17) is 4.18 Å². The van der Waals surface area contributed by atoms with Crippen molar-refractivity contribution in [1.82, 2.24) is 4.90 Å². The van der Waals surface area contributed by atoms with Gasteiger partial charge in [0.1, 0.15) is 6.10 Å². The van der Waals surface area contributed by atoms with Gasteiger partial charge in [-0.2, -0.15) is 8.42 Å². The van der Waals surface area contributed by atoms with Crippen molar-refractivity contribution >= 4 is 34.0 Å². The average Bonchev–Trinajstić information content (AvgIpc) is 2.91. The molecule has 1 fully saturated rings. The van der Waals surface area contributed by atoms with Crippen molar-refractivity contribution in [2.24, 2.45) is 0 Å². The Bertz CT molecular complexity index is 1320. The molecule has 0 bridgehead atoms. The maximum Gasteiger partial charge on any atom is 0.297 e. The number of Topliss-reactive ketones (excluding diaryl/α,β-unsaturated/α-hetero) is 1. The number of nitro benzene ring substituents is 1. The summed E-state index contributed by atoms with van der Waals surface area (Å²) in [6.45, 7) is 0. The number of ketones is 1. The first-order valence-corrected chi connectivity index (χ1v) is 13.7. The first kappa shape index (κ1) is 29.4. The van der Waals surface area contributed by atoms with E-state index in [1.807, 2.05) is 67.7 Å². The quantitative estimate of drug-likeness (QED) is 0.130. The number of likely N-dealkylation sites (tertiary alicyclic amines) is 1. The first-order valence-electron chi connectivity index (χ1n) is 12.3. The molecule has 0 aliphatic carbocycles. The Morgan fingerprint density at radius 2 is 1.55 bits per heavy atom. The van der Waals surface area contributed by atoms with Crippen molar-refractivity contribution in [3.05, 3.63) is 106 Å². The van der Waals surface area contributed by atoms with Crippen LogP contribution < -0.4 is 0 Å². The summed E-state index contributed by atoms with van der Waals surface area (Å²) < 4.78 is 32.0. The molecular weight excluding hydrogens is 528 g/mol. The number of nitro groups is 1. The molecule has 3 aromatic rings. The molecule has 3 atom stereocenters. The Labute approximate surface area is 229 Å². The van der Waals surface area contributed by atoms with Crippen molar-refractivity contribution in [3.63, 3.8) is 0 Å². The fourth-order valence-corrected chi connectivity index (χ4v) is 5.95. The van der Waals surface area contributed by atoms with Gasteiger partial charge in [-0.3, -0.25) is 24.0 Å². The van der Waals surface area contributed by atoms with Gasteiger partial charge in [0.05, 0.1) is 9.82 Å². The Hall–Kier alpha value is -3.11. The minimum absolute atomic E-state index is 0. The predicted octanol–water partition coefficient (Wildman–Crippen LogP) is 5.98. The highest BCUT2D eigenvalue weighted by atomic mass is 35.5. The van der Waals surface area contributed by atoms with E-state index in [9.17, 15) is 23.3 Å². The van der Waals surface area contributed by atoms with Crippen LogP contribution in [0.25, 0.3) is 0 Å². The number of hydrogen-bond donors (Lipinski definition) is 0. The summed E-state index contributed by atoms with van der Waals surface area (Å²) in [5.41, 5.74) is 1.22. The molecule has 0 amide bonds. The standard InChI is InChI=1S/C28H30N2O6S.ClH/c1-29-24(19-27(31)21-9-4-2-5-10-21)13-8-14-25(29)20-28(22-11-6-3-7-12-22)36-37(34,35)26-17-15-23(16-18-26)30(32)33;/h2-7,9-12,15-18,24-25,28H,8,13-14,19-20H2,1H3;1H. The fraction of sp³-hybridized carbons (Fsp3) is 0.321. The van der Waals surface area contributed by atoms with Crippen LogP contribution >= 0.6 is 12.4 Å². The minimum atomic E-state index is -4.18. The third-order valence-electron chi connectivity index (χ3n) is 6.98. The van der Waals surface area contributed by atoms with Crippen molar-refractivity contribution < 1.29 is 22.3 Å². The molecule has 1 saturated heterocycles. The van der Waals surface area contributed by atoms with Crippen LogP contribution in [-0.2, 0) is 14.3 Å². The molecule has 4 rings (SSSR count). The van der Waals surface area contributed by atoms with Gasteiger partial charge in [0.2, 0.25) is 0 Å². The SMILES string of the molecule is CN1C(CC(=O)c2ccccc2)CCCC1CC(OS(=O)(=O)c1ccc([N+](=O)[O-])cc1)c1ccccc1.Cl. The molecule has 3 aromatic carbocycles. The zero-order valence-electron chi connectivity index (χ0n) is 21.0. The molecule has 1 heterocycles. The van der Waals surface area contributed by atoms with Gasteiger partial charge in [0, 0.05) is 36.2 Å². The van der Waals surface area contributed by atoms with Crippen LogP contribution in [0, 0.1) is 10.1 Å². The van der Waals surface area contributed by atoms with Crippen molar-refractivity contribution in [3.8, 4) is 0 Å². The number of carbonyl (C=O) groups excluding carboxylic acids is 1. The molecule has 0 N–H and O–H groups in total. The number of carbonyl (C=O) groups is 1. The average molecular weight is 559 g/mol. The van der Waals surface area contributed by atoms with E-state index in [-0.39, 0.29) is 40.9 Å². The topological polar surface area (TPSA) is 107 Å². The van der Waals surface area contributed by atoms with E-state index in [0.29, 0.717) is 18.4 Å². The van der Waals surface area contributed by atoms with Crippen molar-refractivity contribution in [1.29, 1.82) is 0 Å². The Kier molecular flexibility index (Phi) is 10.2. The summed E-state index contributed by atoms with van der Waals surface area (Å²) in [5, 5.41) is 10.9. The molecule has 202 valence electrons. The molecule has 0 radical (unpaired) electrons. The highest BCUT2D eigenvalue weighted by Crippen LogP contribution is 2.34. The second kappa shape index (κ2) is 13.1. The van der Waals surface area contributed by atoms with Gasteiger partial charge in [0.25, 0.3) is 15.8 Å². The normalized spacial score (nSPS) is 18.8. The van der Waals surface area contributed by atoms with Gasteiger partial charge in [0.15, 0.2) is 5.78 Å². The summed E-state index contributed by atoms with van der Waals surface area (Å²) in [6.07, 6.45) is 2.74. The lowest BCUT2D eigenvalue weighted by Gasteiger charge is -2.40. The Morgan fingerprint density at radius 3 is 2.16 bits per heavy atom. The third kappa shape index (κ3) is 7.26. The number of halogens is 1. The number of non-ortho nitro benzene ring substituents is 1. The van der Waals surface area contributed by atoms with Crippen LogP contribution in [-0.4, -0.2) is 43.2 Å². The van der Waals surface area contributed by atoms with Crippen molar-refractivity contribution in [2.75, 3.05) is 7.05 Å². The van der Waals surface area contributed by atoms with Gasteiger partial charge < -0.3 is 0 Å². The highest BCUT2D eigenvalue weighted by Gasteiger charge is 2.33. The molecule has 1 aliphatic heterocycles. The Morgan fingerprint density at radius 1 is 0.974 bits per heavy atom. The lowest BCUT2D eigenvalue weighted by molar-refractivity contribution is -0.384. The molecule has 1 aliphatic rings. The molecule has 8 nitrogen and oxygen atoms in total. The van der Waals surface area contributed by atoms with Gasteiger partial charge in [-0.25, -0.2) is 0 Å². The molecule has 38 heavy (non-hydrogen) atoms. The van der Waals surface area contributed by atoms with Crippen LogP contribution in [0.15, 0.2) is 89.8 Å². The van der Waals surface area contributed by atoms with Crippen LogP contribution in [0.4, 0.5) is 5.69 Å². The number of piperidine rings is 1. The van der Waals surface area contributed by atoms with Crippen LogP contribution in [0.5, 0.6) is 0 Å². The van der Waals surface area contributed by atoms with Gasteiger partial charge in [-0.05, 0) is 44.0 Å². The maximum atomic E-state index is 13.1. The summed E-state index contributed by atoms with van der Waals surface area (Å²) in [7, 11) is -2.20. The van der Waals surface area contributed by atoms with E-state index in [1.54, 1.807) is 0 Å². The third-order valence-corrected chi connectivity index (χ3v) is 8.32. The zero-order valence-corrected chi connectivity index (χ0v) is 22.6. The van der Waals surface area contributed by atoms with Crippen LogP contribution in [0.1, 0.15) is 54.1 Å². The summed E-state index contributed by atoms with van der Waals surface area (Å²) in [6, 6.07) is 23.1. The fourth-order valence-electron chi connectivity index (χ4n) is 4.87. The lowest BCUT2D eigenvalue weighted by atomic mass is 9.88. The minimum Gasteiger partial charge on any atom is -0.300 e.